The standard InChI is InChI=1S/C25H36O5/c1-18(2)16-22(27)29-20-11-15-24(5,13-7-12-23(3,4)28)14-10-19(17-26)8-9-21-25(20,6)30-21/h7,10-12,15-17,20-21,28H,8-9,13-14H2,1-6H3/b12-7+,15-11+,19-10-/t20-,21+,24-,25+/m1/s1. The number of aldehydes is 1. The first kappa shape index (κ1) is 24.3. The third kappa shape index (κ3) is 7.06. The minimum absolute atomic E-state index is 0.0607. The maximum absolute atomic E-state index is 12.3. The summed E-state index contributed by atoms with van der Waals surface area (Å²) in [7, 11) is 0. The van der Waals surface area contributed by atoms with Crippen molar-refractivity contribution in [1.29, 1.82) is 0 Å². The first-order valence-corrected chi connectivity index (χ1v) is 10.6. The number of fused-ring (bicyclic) bond motifs is 1. The molecular weight excluding hydrogens is 380 g/mol. The Balaban J connectivity index is 2.33. The van der Waals surface area contributed by atoms with Gasteiger partial charge in [0.2, 0.25) is 0 Å². The monoisotopic (exact) mass is 416 g/mol. The quantitative estimate of drug-likeness (QED) is 0.225. The highest BCUT2D eigenvalue weighted by Crippen LogP contribution is 2.45. The number of hydrogen-bond donors (Lipinski definition) is 1. The van der Waals surface area contributed by atoms with E-state index in [0.717, 1.165) is 17.4 Å². The number of allylic oxidation sites excluding steroid dienone is 5. The Kier molecular flexibility index (Phi) is 7.64. The van der Waals surface area contributed by atoms with Crippen LogP contribution in [0, 0.1) is 5.41 Å². The van der Waals surface area contributed by atoms with Crippen LogP contribution in [0.15, 0.2) is 47.6 Å². The average molecular weight is 417 g/mol. The summed E-state index contributed by atoms with van der Waals surface area (Å²) in [5, 5.41) is 9.98. The molecular formula is C25H36O5. The maximum Gasteiger partial charge on any atom is 0.331 e. The van der Waals surface area contributed by atoms with E-state index in [2.05, 4.69) is 13.0 Å². The van der Waals surface area contributed by atoms with E-state index >= 15 is 0 Å². The number of carbonyl (C=O) groups excluding carboxylic acids is 2. The van der Waals surface area contributed by atoms with Gasteiger partial charge in [-0.1, -0.05) is 36.8 Å². The van der Waals surface area contributed by atoms with Crippen molar-refractivity contribution < 1.29 is 24.2 Å². The van der Waals surface area contributed by atoms with Gasteiger partial charge in [0.15, 0.2) is 6.10 Å². The van der Waals surface area contributed by atoms with Gasteiger partial charge in [-0.15, -0.1) is 0 Å². The van der Waals surface area contributed by atoms with Gasteiger partial charge in [0, 0.05) is 6.08 Å². The van der Waals surface area contributed by atoms with Crippen molar-refractivity contribution in [2.24, 2.45) is 5.41 Å². The van der Waals surface area contributed by atoms with Crippen LogP contribution in [0.3, 0.4) is 0 Å². The van der Waals surface area contributed by atoms with Crippen molar-refractivity contribution in [1.82, 2.24) is 0 Å². The number of carbonyl (C=O) groups is 2. The third-order valence-electron chi connectivity index (χ3n) is 5.65. The van der Waals surface area contributed by atoms with Crippen LogP contribution in [0.5, 0.6) is 0 Å². The van der Waals surface area contributed by atoms with E-state index < -0.39 is 17.3 Å². The van der Waals surface area contributed by atoms with Crippen LogP contribution in [-0.4, -0.2) is 40.8 Å². The highest BCUT2D eigenvalue weighted by atomic mass is 16.6. The molecule has 2 aliphatic rings. The fourth-order valence-corrected chi connectivity index (χ4v) is 3.64. The largest absolute Gasteiger partial charge is 0.452 e. The van der Waals surface area contributed by atoms with Gasteiger partial charge in [0.25, 0.3) is 0 Å². The molecule has 1 fully saturated rings. The number of hydrogen-bond acceptors (Lipinski definition) is 5. The second-order valence-electron chi connectivity index (χ2n) is 9.78. The summed E-state index contributed by atoms with van der Waals surface area (Å²) < 4.78 is 11.7. The zero-order valence-corrected chi connectivity index (χ0v) is 19.1. The average Bonchev–Trinajstić information content (AvgIpc) is 3.28. The maximum atomic E-state index is 12.3. The molecule has 0 saturated carbocycles. The molecule has 0 spiro atoms. The van der Waals surface area contributed by atoms with Gasteiger partial charge in [0.1, 0.15) is 11.9 Å². The predicted molar refractivity (Wildman–Crippen MR) is 118 cm³/mol. The van der Waals surface area contributed by atoms with Crippen LogP contribution in [0.25, 0.3) is 0 Å². The summed E-state index contributed by atoms with van der Waals surface area (Å²) in [6.07, 6.45) is 14.2. The van der Waals surface area contributed by atoms with Gasteiger partial charge in [-0.25, -0.2) is 4.79 Å². The van der Waals surface area contributed by atoms with Crippen molar-refractivity contribution in [2.75, 3.05) is 0 Å². The predicted octanol–water partition coefficient (Wildman–Crippen LogP) is 4.61. The first-order chi connectivity index (χ1) is 13.9. The molecule has 0 amide bonds. The Morgan fingerprint density at radius 3 is 2.67 bits per heavy atom. The Bertz CT molecular complexity index is 763. The van der Waals surface area contributed by atoms with Crippen LogP contribution in [-0.2, 0) is 19.1 Å². The van der Waals surface area contributed by atoms with E-state index in [9.17, 15) is 14.7 Å². The molecule has 2 rings (SSSR count). The Labute approximate surface area is 180 Å². The summed E-state index contributed by atoms with van der Waals surface area (Å²) in [4.78, 5) is 23.8. The van der Waals surface area contributed by atoms with Crippen LogP contribution >= 0.6 is 0 Å². The fourth-order valence-electron chi connectivity index (χ4n) is 3.64. The lowest BCUT2D eigenvalue weighted by Gasteiger charge is -2.26. The summed E-state index contributed by atoms with van der Waals surface area (Å²) in [5.74, 6) is -0.384. The van der Waals surface area contributed by atoms with E-state index in [1.54, 1.807) is 19.9 Å². The van der Waals surface area contributed by atoms with Crippen LogP contribution in [0.1, 0.15) is 67.2 Å². The van der Waals surface area contributed by atoms with Gasteiger partial charge in [-0.05, 0) is 77.4 Å². The topological polar surface area (TPSA) is 76.1 Å². The molecule has 0 radical (unpaired) electrons. The number of ether oxygens (including phenoxy) is 2. The van der Waals surface area contributed by atoms with Crippen molar-refractivity contribution in [3.05, 3.63) is 47.6 Å². The second-order valence-corrected chi connectivity index (χ2v) is 9.78. The SMILES string of the molecule is CC(C)=CC(=O)O[C@@H]1/C=C/[C@](C)(C/C=C/C(C)(C)O)C/C=C(\C=O)CC[C@@H]2O[C@]21C. The first-order valence-electron chi connectivity index (χ1n) is 10.6. The molecule has 1 N–H and O–H groups in total. The van der Waals surface area contributed by atoms with Crippen molar-refractivity contribution in [3.63, 3.8) is 0 Å². The summed E-state index contributed by atoms with van der Waals surface area (Å²) in [6.45, 7) is 11.2. The van der Waals surface area contributed by atoms with E-state index in [1.807, 2.05) is 39.0 Å². The zero-order chi connectivity index (χ0) is 22.6. The number of aliphatic hydroxyl groups is 1. The number of epoxide rings is 1. The molecule has 166 valence electrons. The van der Waals surface area contributed by atoms with E-state index in [0.29, 0.717) is 25.7 Å². The molecule has 5 heteroatoms. The van der Waals surface area contributed by atoms with E-state index in [4.69, 9.17) is 9.47 Å². The fraction of sp³-hybridized carbons (Fsp3) is 0.600. The normalized spacial score (nSPS) is 34.7. The highest BCUT2D eigenvalue weighted by Gasteiger charge is 2.58. The molecule has 4 atom stereocenters. The smallest absolute Gasteiger partial charge is 0.331 e. The molecule has 5 nitrogen and oxygen atoms in total. The molecule has 1 aliphatic carbocycles. The van der Waals surface area contributed by atoms with Crippen molar-refractivity contribution in [2.45, 2.75) is 90.6 Å². The van der Waals surface area contributed by atoms with Crippen LogP contribution < -0.4 is 0 Å². The molecule has 1 saturated heterocycles. The number of esters is 1. The highest BCUT2D eigenvalue weighted by molar-refractivity contribution is 5.83. The number of rotatable bonds is 6. The Hall–Kier alpha value is -1.98. The minimum atomic E-state index is -0.887. The lowest BCUT2D eigenvalue weighted by atomic mass is 9.81. The molecule has 0 unspecified atom stereocenters. The molecule has 1 aliphatic heterocycles. The summed E-state index contributed by atoms with van der Waals surface area (Å²) >= 11 is 0. The van der Waals surface area contributed by atoms with E-state index in [1.165, 1.54) is 6.08 Å². The van der Waals surface area contributed by atoms with Gasteiger partial charge < -0.3 is 14.6 Å². The minimum Gasteiger partial charge on any atom is -0.452 e. The van der Waals surface area contributed by atoms with Gasteiger partial charge in [-0.3, -0.25) is 4.79 Å². The van der Waals surface area contributed by atoms with Gasteiger partial charge >= 0.3 is 5.97 Å². The van der Waals surface area contributed by atoms with Crippen molar-refractivity contribution >= 4 is 12.3 Å². The zero-order valence-electron chi connectivity index (χ0n) is 19.1. The molecule has 30 heavy (non-hydrogen) atoms. The molecule has 0 aromatic carbocycles. The summed E-state index contributed by atoms with van der Waals surface area (Å²) in [5.41, 5.74) is -0.145. The molecule has 1 heterocycles. The molecule has 0 bridgehead atoms. The Morgan fingerprint density at radius 1 is 1.37 bits per heavy atom. The second kappa shape index (κ2) is 9.44. The lowest BCUT2D eigenvalue weighted by molar-refractivity contribution is -0.143. The van der Waals surface area contributed by atoms with Gasteiger partial charge in [0.05, 0.1) is 11.7 Å². The van der Waals surface area contributed by atoms with Gasteiger partial charge in [-0.2, -0.15) is 0 Å². The Morgan fingerprint density at radius 2 is 2.07 bits per heavy atom. The van der Waals surface area contributed by atoms with Crippen LogP contribution in [0.4, 0.5) is 0 Å². The van der Waals surface area contributed by atoms with Crippen LogP contribution in [0.2, 0.25) is 0 Å². The molecule has 0 aromatic rings. The molecule has 0 aromatic heterocycles. The van der Waals surface area contributed by atoms with Crippen molar-refractivity contribution in [3.8, 4) is 0 Å². The van der Waals surface area contributed by atoms with E-state index in [-0.39, 0.29) is 17.5 Å². The lowest BCUT2D eigenvalue weighted by Crippen LogP contribution is -2.32. The third-order valence-corrected chi connectivity index (χ3v) is 5.65. The summed E-state index contributed by atoms with van der Waals surface area (Å²) in [6, 6.07) is 0.